The molecule has 2 aliphatic rings. The van der Waals surface area contributed by atoms with Crippen molar-refractivity contribution in [2.75, 3.05) is 26.8 Å². The third-order valence-electron chi connectivity index (χ3n) is 7.96. The van der Waals surface area contributed by atoms with Gasteiger partial charge < -0.3 is 19.7 Å². The van der Waals surface area contributed by atoms with E-state index >= 15 is 0 Å². The first-order valence-electron chi connectivity index (χ1n) is 13.6. The van der Waals surface area contributed by atoms with E-state index in [0.29, 0.717) is 42.8 Å². The van der Waals surface area contributed by atoms with Gasteiger partial charge in [0.15, 0.2) is 0 Å². The molecule has 2 saturated heterocycles. The number of piperidine rings is 1. The lowest BCUT2D eigenvalue weighted by Gasteiger charge is -2.44. The summed E-state index contributed by atoms with van der Waals surface area (Å²) in [7, 11) is 1.57. The van der Waals surface area contributed by atoms with E-state index in [1.807, 2.05) is 62.4 Å². The van der Waals surface area contributed by atoms with Gasteiger partial charge in [0.1, 0.15) is 17.5 Å². The summed E-state index contributed by atoms with van der Waals surface area (Å²) in [5.74, 6) is 0.0160. The van der Waals surface area contributed by atoms with E-state index in [4.69, 9.17) is 9.47 Å². The zero-order valence-corrected chi connectivity index (χ0v) is 23.1. The van der Waals surface area contributed by atoms with Crippen LogP contribution in [0, 0.1) is 6.92 Å². The fourth-order valence-electron chi connectivity index (χ4n) is 5.64. The van der Waals surface area contributed by atoms with Gasteiger partial charge in [-0.1, -0.05) is 54.6 Å². The molecule has 3 amide bonds. The second-order valence-corrected chi connectivity index (χ2v) is 10.4. The molecule has 0 bridgehead atoms. The standard InChI is InChI=1S/C32H35N3O5/c1-22-10-7-8-15-27(22)31(38)35-28(29(36)33-23(2)24-11-5-4-6-12-24)21-40-32(35)16-18-34(19-17-32)30(37)25-13-9-14-26(20-25)39-3/h4-15,20,23,28H,16-19,21H2,1-3H3,(H,33,36)/t23-,28-/m1/s1. The van der Waals surface area contributed by atoms with Gasteiger partial charge in [0.05, 0.1) is 19.8 Å². The first kappa shape index (κ1) is 27.4. The Kier molecular flexibility index (Phi) is 7.89. The average Bonchev–Trinajstić information content (AvgIpc) is 3.36. The molecular formula is C32H35N3O5. The summed E-state index contributed by atoms with van der Waals surface area (Å²) in [5, 5.41) is 3.08. The second-order valence-electron chi connectivity index (χ2n) is 10.4. The number of amides is 3. The molecule has 208 valence electrons. The Morgan fingerprint density at radius 3 is 2.35 bits per heavy atom. The number of rotatable bonds is 6. The third kappa shape index (κ3) is 5.31. The molecule has 0 radical (unpaired) electrons. The molecule has 1 N–H and O–H groups in total. The summed E-state index contributed by atoms with van der Waals surface area (Å²) >= 11 is 0. The van der Waals surface area contributed by atoms with Gasteiger partial charge in [0, 0.05) is 37.1 Å². The van der Waals surface area contributed by atoms with E-state index in [-0.39, 0.29) is 30.4 Å². The van der Waals surface area contributed by atoms with Crippen molar-refractivity contribution in [2.24, 2.45) is 0 Å². The molecule has 0 aliphatic carbocycles. The summed E-state index contributed by atoms with van der Waals surface area (Å²) in [4.78, 5) is 44.4. The molecule has 8 nitrogen and oxygen atoms in total. The first-order valence-corrected chi connectivity index (χ1v) is 13.6. The lowest BCUT2D eigenvalue weighted by atomic mass is 9.95. The molecule has 1 spiro atoms. The monoisotopic (exact) mass is 541 g/mol. The normalized spacial score (nSPS) is 18.8. The largest absolute Gasteiger partial charge is 0.497 e. The van der Waals surface area contributed by atoms with E-state index in [0.717, 1.165) is 11.1 Å². The summed E-state index contributed by atoms with van der Waals surface area (Å²) < 4.78 is 11.6. The van der Waals surface area contributed by atoms with E-state index in [1.54, 1.807) is 47.2 Å². The van der Waals surface area contributed by atoms with Crippen molar-refractivity contribution >= 4 is 17.7 Å². The van der Waals surface area contributed by atoms with Crippen LogP contribution in [0.15, 0.2) is 78.9 Å². The van der Waals surface area contributed by atoms with Crippen molar-refractivity contribution in [3.63, 3.8) is 0 Å². The molecule has 2 atom stereocenters. The molecule has 0 saturated carbocycles. The number of hydrogen-bond donors (Lipinski definition) is 1. The number of benzene rings is 3. The summed E-state index contributed by atoms with van der Waals surface area (Å²) in [6.45, 7) is 4.69. The topological polar surface area (TPSA) is 88.2 Å². The van der Waals surface area contributed by atoms with Gasteiger partial charge in [-0.15, -0.1) is 0 Å². The van der Waals surface area contributed by atoms with Gasteiger partial charge in [0.25, 0.3) is 11.8 Å². The highest BCUT2D eigenvalue weighted by molar-refractivity contribution is 5.99. The van der Waals surface area contributed by atoms with Crippen LogP contribution >= 0.6 is 0 Å². The average molecular weight is 542 g/mol. The Hall–Kier alpha value is -4.17. The molecule has 0 unspecified atom stereocenters. The van der Waals surface area contributed by atoms with E-state index in [1.165, 1.54) is 0 Å². The molecule has 8 heteroatoms. The number of aryl methyl sites for hydroxylation is 1. The molecule has 2 heterocycles. The van der Waals surface area contributed by atoms with Crippen LogP contribution in [0.5, 0.6) is 5.75 Å². The van der Waals surface area contributed by atoms with Crippen molar-refractivity contribution in [3.8, 4) is 5.75 Å². The molecular weight excluding hydrogens is 506 g/mol. The van der Waals surface area contributed by atoms with E-state index < -0.39 is 11.8 Å². The molecule has 5 rings (SSSR count). The van der Waals surface area contributed by atoms with Gasteiger partial charge in [-0.3, -0.25) is 19.3 Å². The lowest BCUT2D eigenvalue weighted by molar-refractivity contribution is -0.128. The van der Waals surface area contributed by atoms with Crippen molar-refractivity contribution in [2.45, 2.75) is 44.5 Å². The molecule has 40 heavy (non-hydrogen) atoms. The van der Waals surface area contributed by atoms with Crippen LogP contribution < -0.4 is 10.1 Å². The van der Waals surface area contributed by atoms with E-state index in [2.05, 4.69) is 5.32 Å². The third-order valence-corrected chi connectivity index (χ3v) is 7.96. The minimum absolute atomic E-state index is 0.0921. The molecule has 2 aliphatic heterocycles. The fraction of sp³-hybridized carbons (Fsp3) is 0.344. The number of nitrogens with one attached hydrogen (secondary N) is 1. The van der Waals surface area contributed by atoms with Gasteiger partial charge >= 0.3 is 0 Å². The van der Waals surface area contributed by atoms with Crippen LogP contribution in [0.4, 0.5) is 0 Å². The summed E-state index contributed by atoms with van der Waals surface area (Å²) in [6, 6.07) is 23.2. The Balaban J connectivity index is 1.38. The van der Waals surface area contributed by atoms with Crippen LogP contribution in [-0.2, 0) is 9.53 Å². The zero-order chi connectivity index (χ0) is 28.3. The predicted molar refractivity (Wildman–Crippen MR) is 151 cm³/mol. The van der Waals surface area contributed by atoms with Crippen molar-refractivity contribution in [1.82, 2.24) is 15.1 Å². The fourth-order valence-corrected chi connectivity index (χ4v) is 5.64. The number of hydrogen-bond acceptors (Lipinski definition) is 5. The summed E-state index contributed by atoms with van der Waals surface area (Å²) in [5.41, 5.74) is 1.91. The highest BCUT2D eigenvalue weighted by Gasteiger charge is 2.54. The maximum Gasteiger partial charge on any atom is 0.257 e. The highest BCUT2D eigenvalue weighted by atomic mass is 16.5. The van der Waals surface area contributed by atoms with Crippen LogP contribution in [0.3, 0.4) is 0 Å². The Morgan fingerprint density at radius 2 is 1.65 bits per heavy atom. The van der Waals surface area contributed by atoms with Gasteiger partial charge in [-0.25, -0.2) is 0 Å². The molecule has 3 aromatic rings. The van der Waals surface area contributed by atoms with Crippen molar-refractivity contribution in [1.29, 1.82) is 0 Å². The number of ether oxygens (including phenoxy) is 2. The number of nitrogens with zero attached hydrogens (tertiary/aromatic N) is 2. The quantitative estimate of drug-likeness (QED) is 0.501. The maximum atomic E-state index is 14.1. The number of carbonyl (C=O) groups is 3. The number of methoxy groups -OCH3 is 1. The highest BCUT2D eigenvalue weighted by Crippen LogP contribution is 2.39. The second kappa shape index (κ2) is 11.5. The van der Waals surface area contributed by atoms with Gasteiger partial charge in [0.2, 0.25) is 5.91 Å². The Labute approximate surface area is 234 Å². The smallest absolute Gasteiger partial charge is 0.257 e. The SMILES string of the molecule is COc1cccc(C(=O)N2CCC3(CC2)OC[C@H](C(=O)N[C@H](C)c2ccccc2)N3C(=O)c2ccccc2C)c1. The van der Waals surface area contributed by atoms with Gasteiger partial charge in [-0.2, -0.15) is 0 Å². The molecule has 3 aromatic carbocycles. The van der Waals surface area contributed by atoms with Crippen LogP contribution in [0.2, 0.25) is 0 Å². The molecule has 2 fully saturated rings. The van der Waals surface area contributed by atoms with Gasteiger partial charge in [-0.05, 0) is 49.2 Å². The Morgan fingerprint density at radius 1 is 0.950 bits per heavy atom. The minimum atomic E-state index is -0.984. The zero-order valence-electron chi connectivity index (χ0n) is 23.1. The predicted octanol–water partition coefficient (Wildman–Crippen LogP) is 4.35. The van der Waals surface area contributed by atoms with E-state index in [9.17, 15) is 14.4 Å². The first-order chi connectivity index (χ1) is 19.3. The van der Waals surface area contributed by atoms with Crippen LogP contribution in [0.1, 0.15) is 57.7 Å². The molecule has 0 aromatic heterocycles. The number of carbonyl (C=O) groups excluding carboxylic acids is 3. The van der Waals surface area contributed by atoms with Crippen LogP contribution in [-0.4, -0.2) is 66.1 Å². The Bertz CT molecular complexity index is 1380. The summed E-state index contributed by atoms with van der Waals surface area (Å²) in [6.07, 6.45) is 0.802. The number of likely N-dealkylation sites (tertiary alicyclic amines) is 1. The van der Waals surface area contributed by atoms with Crippen LogP contribution in [0.25, 0.3) is 0 Å². The van der Waals surface area contributed by atoms with Crippen molar-refractivity contribution in [3.05, 3.63) is 101 Å². The van der Waals surface area contributed by atoms with Crippen molar-refractivity contribution < 1.29 is 23.9 Å². The minimum Gasteiger partial charge on any atom is -0.497 e. The maximum absolute atomic E-state index is 14.1. The lowest BCUT2D eigenvalue weighted by Crippen LogP contribution is -2.60.